The zero-order chi connectivity index (χ0) is 17.1. The van der Waals surface area contributed by atoms with E-state index in [1.165, 1.54) is 0 Å². The highest BCUT2D eigenvalue weighted by Crippen LogP contribution is 2.35. The Hall–Kier alpha value is -2.40. The predicted molar refractivity (Wildman–Crippen MR) is 89.5 cm³/mol. The number of rotatable bonds is 5. The van der Waals surface area contributed by atoms with E-state index in [0.29, 0.717) is 29.8 Å². The van der Waals surface area contributed by atoms with Gasteiger partial charge in [0.25, 0.3) is 0 Å². The summed E-state index contributed by atoms with van der Waals surface area (Å²) >= 11 is 0. The number of hydrogen-bond acceptors (Lipinski definition) is 4. The number of methoxy groups -OCH3 is 1. The van der Waals surface area contributed by atoms with Crippen LogP contribution in [0, 0.1) is 6.92 Å². The normalized spacial score (nSPS) is 16.8. The molecule has 3 rings (SSSR count). The summed E-state index contributed by atoms with van der Waals surface area (Å²) in [5.74, 6) is -0.223. The van der Waals surface area contributed by atoms with Gasteiger partial charge in [-0.1, -0.05) is 30.3 Å². The molecule has 0 saturated heterocycles. The molecule has 5 heteroatoms. The van der Waals surface area contributed by atoms with Crippen LogP contribution in [-0.2, 0) is 15.9 Å². The fourth-order valence-corrected chi connectivity index (χ4v) is 3.29. The Balaban J connectivity index is 1.84. The van der Waals surface area contributed by atoms with E-state index in [-0.39, 0.29) is 18.3 Å². The van der Waals surface area contributed by atoms with Gasteiger partial charge in [0, 0.05) is 24.8 Å². The minimum atomic E-state index is -0.442. The second kappa shape index (κ2) is 7.01. The first-order valence-corrected chi connectivity index (χ1v) is 8.07. The van der Waals surface area contributed by atoms with Crippen molar-refractivity contribution in [1.29, 1.82) is 0 Å². The minimum absolute atomic E-state index is 0.0785. The maximum atomic E-state index is 12.6. The molecule has 0 radical (unpaired) electrons. The highest BCUT2D eigenvalue weighted by atomic mass is 16.6. The molecule has 1 N–H and O–H groups in total. The third kappa shape index (κ3) is 3.12. The molecule has 5 nitrogen and oxygen atoms in total. The molecule has 0 spiro atoms. The average molecular weight is 327 g/mol. The van der Waals surface area contributed by atoms with E-state index in [2.05, 4.69) is 4.98 Å². The molecule has 1 aliphatic carbocycles. The van der Waals surface area contributed by atoms with Crippen molar-refractivity contribution in [1.82, 2.24) is 4.98 Å². The average Bonchev–Trinajstić information content (AvgIpc) is 2.93. The Morgan fingerprint density at radius 3 is 2.67 bits per heavy atom. The SMILES string of the molecule is COCCOC(=O)c1[nH]c2c(c1C)C(=O)C[C@H](c1ccccc1)C2. The molecule has 24 heavy (non-hydrogen) atoms. The highest BCUT2D eigenvalue weighted by molar-refractivity contribution is 6.03. The third-order valence-corrected chi connectivity index (χ3v) is 4.48. The Morgan fingerprint density at radius 2 is 1.96 bits per heavy atom. The second-order valence-corrected chi connectivity index (χ2v) is 6.05. The summed E-state index contributed by atoms with van der Waals surface area (Å²) < 4.78 is 10.0. The fourth-order valence-electron chi connectivity index (χ4n) is 3.29. The van der Waals surface area contributed by atoms with Crippen LogP contribution >= 0.6 is 0 Å². The number of esters is 1. The van der Waals surface area contributed by atoms with Gasteiger partial charge in [0.15, 0.2) is 5.78 Å². The van der Waals surface area contributed by atoms with E-state index in [0.717, 1.165) is 17.7 Å². The van der Waals surface area contributed by atoms with Crippen LogP contribution in [0.3, 0.4) is 0 Å². The number of Topliss-reactive ketones (excluding diaryl/α,β-unsaturated/α-hetero) is 1. The first-order valence-electron chi connectivity index (χ1n) is 8.07. The third-order valence-electron chi connectivity index (χ3n) is 4.48. The lowest BCUT2D eigenvalue weighted by atomic mass is 9.81. The number of ether oxygens (including phenoxy) is 2. The monoisotopic (exact) mass is 327 g/mol. The van der Waals surface area contributed by atoms with Crippen molar-refractivity contribution in [3.63, 3.8) is 0 Å². The van der Waals surface area contributed by atoms with Crippen molar-refractivity contribution in [2.45, 2.75) is 25.7 Å². The second-order valence-electron chi connectivity index (χ2n) is 6.05. The summed E-state index contributed by atoms with van der Waals surface area (Å²) in [4.78, 5) is 27.9. The molecule has 1 aliphatic rings. The van der Waals surface area contributed by atoms with Gasteiger partial charge in [0.1, 0.15) is 12.3 Å². The molecule has 1 atom stereocenters. The van der Waals surface area contributed by atoms with Crippen LogP contribution in [0.5, 0.6) is 0 Å². The van der Waals surface area contributed by atoms with Gasteiger partial charge in [-0.05, 0) is 30.4 Å². The van der Waals surface area contributed by atoms with E-state index < -0.39 is 5.97 Å². The van der Waals surface area contributed by atoms with E-state index in [1.54, 1.807) is 14.0 Å². The molecule has 0 bridgehead atoms. The molecule has 0 saturated carbocycles. The van der Waals surface area contributed by atoms with Crippen molar-refractivity contribution in [3.8, 4) is 0 Å². The van der Waals surface area contributed by atoms with Crippen molar-refractivity contribution in [3.05, 3.63) is 58.4 Å². The Labute approximate surface area is 141 Å². The lowest BCUT2D eigenvalue weighted by Crippen LogP contribution is -2.18. The number of benzene rings is 1. The lowest BCUT2D eigenvalue weighted by Gasteiger charge is -2.22. The van der Waals surface area contributed by atoms with Gasteiger partial charge in [-0.3, -0.25) is 4.79 Å². The predicted octanol–water partition coefficient (Wildman–Crippen LogP) is 3.04. The summed E-state index contributed by atoms with van der Waals surface area (Å²) in [6.45, 7) is 2.34. The van der Waals surface area contributed by atoms with Crippen LogP contribution in [0.2, 0.25) is 0 Å². The quantitative estimate of drug-likeness (QED) is 0.677. The number of hydrogen-bond donors (Lipinski definition) is 1. The summed E-state index contributed by atoms with van der Waals surface area (Å²) in [7, 11) is 1.55. The van der Waals surface area contributed by atoms with Crippen LogP contribution in [0.1, 0.15) is 50.0 Å². The van der Waals surface area contributed by atoms with Crippen molar-refractivity contribution in [2.24, 2.45) is 0 Å². The van der Waals surface area contributed by atoms with Gasteiger partial charge in [-0.2, -0.15) is 0 Å². The molecule has 2 aromatic rings. The van der Waals surface area contributed by atoms with Gasteiger partial charge in [0.05, 0.1) is 6.61 Å². The first-order chi connectivity index (χ1) is 11.6. The zero-order valence-corrected chi connectivity index (χ0v) is 13.9. The topological polar surface area (TPSA) is 68.4 Å². The Morgan fingerprint density at radius 1 is 1.21 bits per heavy atom. The maximum Gasteiger partial charge on any atom is 0.355 e. The van der Waals surface area contributed by atoms with Crippen LogP contribution in [0.15, 0.2) is 30.3 Å². The van der Waals surface area contributed by atoms with E-state index in [9.17, 15) is 9.59 Å². The zero-order valence-electron chi connectivity index (χ0n) is 13.9. The van der Waals surface area contributed by atoms with Gasteiger partial charge in [-0.15, -0.1) is 0 Å². The van der Waals surface area contributed by atoms with Crippen molar-refractivity contribution < 1.29 is 19.1 Å². The molecule has 0 fully saturated rings. The highest BCUT2D eigenvalue weighted by Gasteiger charge is 2.32. The number of carbonyl (C=O) groups is 2. The standard InChI is InChI=1S/C19H21NO4/c1-12-17-15(20-18(12)19(22)24-9-8-23-2)10-14(11-16(17)21)13-6-4-3-5-7-13/h3-7,14,20H,8-11H2,1-2H3/t14-/m1/s1. The number of aromatic nitrogens is 1. The van der Waals surface area contributed by atoms with Gasteiger partial charge in [-0.25, -0.2) is 4.79 Å². The van der Waals surface area contributed by atoms with Crippen molar-refractivity contribution in [2.75, 3.05) is 20.3 Å². The van der Waals surface area contributed by atoms with Crippen molar-refractivity contribution >= 4 is 11.8 Å². The molecular formula is C19H21NO4. The molecule has 1 heterocycles. The molecule has 126 valence electrons. The van der Waals surface area contributed by atoms with Gasteiger partial charge < -0.3 is 14.5 Å². The summed E-state index contributed by atoms with van der Waals surface area (Å²) in [5, 5.41) is 0. The fraction of sp³-hybridized carbons (Fsp3) is 0.368. The van der Waals surface area contributed by atoms with E-state index >= 15 is 0 Å². The number of carbonyl (C=O) groups excluding carboxylic acids is 2. The van der Waals surface area contributed by atoms with Gasteiger partial charge >= 0.3 is 5.97 Å². The van der Waals surface area contributed by atoms with Gasteiger partial charge in [0.2, 0.25) is 0 Å². The summed E-state index contributed by atoms with van der Waals surface area (Å²) in [6.07, 6.45) is 1.19. The van der Waals surface area contributed by atoms with Crippen LogP contribution < -0.4 is 0 Å². The first kappa shape index (κ1) is 16.5. The van der Waals surface area contributed by atoms with E-state index in [1.807, 2.05) is 30.3 Å². The largest absolute Gasteiger partial charge is 0.459 e. The molecule has 1 aromatic carbocycles. The van der Waals surface area contributed by atoms with Crippen LogP contribution in [-0.4, -0.2) is 37.1 Å². The minimum Gasteiger partial charge on any atom is -0.459 e. The smallest absolute Gasteiger partial charge is 0.355 e. The summed E-state index contributed by atoms with van der Waals surface area (Å²) in [6, 6.07) is 10.0. The molecule has 0 amide bonds. The number of H-pyrrole nitrogens is 1. The maximum absolute atomic E-state index is 12.6. The number of fused-ring (bicyclic) bond motifs is 1. The van der Waals surface area contributed by atoms with Crippen LogP contribution in [0.4, 0.5) is 0 Å². The lowest BCUT2D eigenvalue weighted by molar-refractivity contribution is 0.0381. The van der Waals surface area contributed by atoms with E-state index in [4.69, 9.17) is 9.47 Å². The molecule has 0 aliphatic heterocycles. The molecule has 0 unspecified atom stereocenters. The molecular weight excluding hydrogens is 306 g/mol. The molecule has 1 aromatic heterocycles. The number of aromatic amines is 1. The van der Waals surface area contributed by atoms with Crippen LogP contribution in [0.25, 0.3) is 0 Å². The Bertz CT molecular complexity index is 748. The number of ketones is 1. The Kier molecular flexibility index (Phi) is 4.81. The summed E-state index contributed by atoms with van der Waals surface area (Å²) in [5.41, 5.74) is 3.69. The number of nitrogens with one attached hydrogen (secondary N) is 1.